The van der Waals surface area contributed by atoms with Crippen LogP contribution >= 0.6 is 11.3 Å². The Bertz CT molecular complexity index is 843. The van der Waals surface area contributed by atoms with E-state index >= 15 is 0 Å². The molecule has 3 aromatic rings. The number of pyridine rings is 1. The highest BCUT2D eigenvalue weighted by molar-refractivity contribution is 7.15. The maximum atomic E-state index is 12.2. The molecule has 1 aromatic carbocycles. The molecule has 2 heterocycles. The van der Waals surface area contributed by atoms with Crippen LogP contribution in [0.3, 0.4) is 0 Å². The molecule has 0 fully saturated rings. The van der Waals surface area contributed by atoms with Crippen molar-refractivity contribution >= 4 is 17.2 Å². The van der Waals surface area contributed by atoms with E-state index in [1.54, 1.807) is 17.5 Å². The van der Waals surface area contributed by atoms with E-state index in [2.05, 4.69) is 15.3 Å². The molecule has 0 aliphatic heterocycles. The van der Waals surface area contributed by atoms with Gasteiger partial charge in [0.2, 0.25) is 0 Å². The third-order valence-electron chi connectivity index (χ3n) is 3.80. The lowest BCUT2D eigenvalue weighted by atomic mass is 10.1. The number of hydrogen-bond donors (Lipinski definition) is 1. The summed E-state index contributed by atoms with van der Waals surface area (Å²) >= 11 is 1.64. The first kappa shape index (κ1) is 16.3. The van der Waals surface area contributed by atoms with Gasteiger partial charge in [-0.3, -0.25) is 9.78 Å². The minimum absolute atomic E-state index is 0.0276. The molecule has 3 rings (SSSR count). The molecule has 1 N–H and O–H groups in total. The molecule has 0 spiro atoms. The number of nitrogens with one attached hydrogen (secondary N) is 1. The number of hydrogen-bond acceptors (Lipinski definition) is 4. The fourth-order valence-electron chi connectivity index (χ4n) is 2.47. The Morgan fingerprint density at radius 1 is 1.12 bits per heavy atom. The number of aryl methyl sites for hydroxylation is 2. The first-order valence-electron chi connectivity index (χ1n) is 7.86. The Morgan fingerprint density at radius 3 is 2.67 bits per heavy atom. The lowest BCUT2D eigenvalue weighted by Gasteiger charge is -2.07. The first-order chi connectivity index (χ1) is 11.6. The summed E-state index contributed by atoms with van der Waals surface area (Å²) in [6.45, 7) is 4.54. The molecule has 0 unspecified atom stereocenters. The van der Waals surface area contributed by atoms with Crippen LogP contribution in [0.2, 0.25) is 0 Å². The van der Waals surface area contributed by atoms with Gasteiger partial charge in [-0.2, -0.15) is 0 Å². The van der Waals surface area contributed by atoms with Crippen LogP contribution in [0.5, 0.6) is 0 Å². The van der Waals surface area contributed by atoms with Gasteiger partial charge < -0.3 is 5.32 Å². The summed E-state index contributed by atoms with van der Waals surface area (Å²) in [5, 5.41) is 3.91. The number of carbonyl (C=O) groups excluding carboxylic acids is 1. The average Bonchev–Trinajstić information content (AvgIpc) is 2.97. The second-order valence-electron chi connectivity index (χ2n) is 5.56. The van der Waals surface area contributed by atoms with Crippen LogP contribution in [-0.4, -0.2) is 22.4 Å². The summed E-state index contributed by atoms with van der Waals surface area (Å²) in [6.07, 6.45) is 2.54. The SMILES string of the molecule is Cc1ccccc1C(=O)NCCc1sc(-c2ccccn2)nc1C. The van der Waals surface area contributed by atoms with E-state index in [9.17, 15) is 4.79 Å². The first-order valence-corrected chi connectivity index (χ1v) is 8.68. The molecule has 1 amide bonds. The molecule has 2 aromatic heterocycles. The Balaban J connectivity index is 1.62. The predicted octanol–water partition coefficient (Wildman–Crippen LogP) is 3.79. The maximum absolute atomic E-state index is 12.2. The smallest absolute Gasteiger partial charge is 0.251 e. The van der Waals surface area contributed by atoms with Gasteiger partial charge in [0.1, 0.15) is 5.01 Å². The van der Waals surface area contributed by atoms with E-state index in [-0.39, 0.29) is 5.91 Å². The highest BCUT2D eigenvalue weighted by Crippen LogP contribution is 2.26. The number of aromatic nitrogens is 2. The number of rotatable bonds is 5. The molecule has 0 radical (unpaired) electrons. The Morgan fingerprint density at radius 2 is 1.92 bits per heavy atom. The molecule has 5 heteroatoms. The van der Waals surface area contributed by atoms with Crippen LogP contribution in [0.4, 0.5) is 0 Å². The minimum Gasteiger partial charge on any atom is -0.352 e. The van der Waals surface area contributed by atoms with Crippen LogP contribution in [0, 0.1) is 13.8 Å². The monoisotopic (exact) mass is 337 g/mol. The zero-order valence-electron chi connectivity index (χ0n) is 13.7. The van der Waals surface area contributed by atoms with Crippen molar-refractivity contribution in [1.29, 1.82) is 0 Å². The normalized spacial score (nSPS) is 10.6. The number of benzene rings is 1. The standard InChI is InChI=1S/C19H19N3OS/c1-13-7-3-4-8-15(13)18(23)21-12-10-17-14(2)22-19(24-17)16-9-5-6-11-20-16/h3-9,11H,10,12H2,1-2H3,(H,21,23). The minimum atomic E-state index is -0.0276. The molecular weight excluding hydrogens is 318 g/mol. The summed E-state index contributed by atoms with van der Waals surface area (Å²) in [4.78, 5) is 22.3. The second kappa shape index (κ2) is 7.36. The van der Waals surface area contributed by atoms with E-state index in [0.29, 0.717) is 6.54 Å². The molecule has 0 saturated heterocycles. The zero-order chi connectivity index (χ0) is 16.9. The van der Waals surface area contributed by atoms with Crippen molar-refractivity contribution in [3.05, 3.63) is 70.4 Å². The van der Waals surface area contributed by atoms with Crippen molar-refractivity contribution in [2.75, 3.05) is 6.54 Å². The van der Waals surface area contributed by atoms with Crippen LogP contribution in [0.1, 0.15) is 26.5 Å². The lowest BCUT2D eigenvalue weighted by Crippen LogP contribution is -2.26. The van der Waals surface area contributed by atoms with Crippen LogP contribution in [0.15, 0.2) is 48.7 Å². The summed E-state index contributed by atoms with van der Waals surface area (Å²) < 4.78 is 0. The third-order valence-corrected chi connectivity index (χ3v) is 5.04. The molecule has 0 bridgehead atoms. The van der Waals surface area contributed by atoms with Gasteiger partial charge in [0, 0.05) is 29.6 Å². The van der Waals surface area contributed by atoms with Crippen molar-refractivity contribution < 1.29 is 4.79 Å². The summed E-state index contributed by atoms with van der Waals surface area (Å²) in [6, 6.07) is 13.4. The molecule has 0 aliphatic rings. The number of thiazole rings is 1. The van der Waals surface area contributed by atoms with Crippen molar-refractivity contribution in [3.63, 3.8) is 0 Å². The predicted molar refractivity (Wildman–Crippen MR) is 97.3 cm³/mol. The van der Waals surface area contributed by atoms with E-state index in [1.807, 2.05) is 56.3 Å². The fourth-order valence-corrected chi connectivity index (χ4v) is 3.51. The van der Waals surface area contributed by atoms with Crippen LogP contribution in [-0.2, 0) is 6.42 Å². The van der Waals surface area contributed by atoms with Gasteiger partial charge >= 0.3 is 0 Å². The number of carbonyl (C=O) groups is 1. The van der Waals surface area contributed by atoms with Gasteiger partial charge in [-0.25, -0.2) is 4.98 Å². The van der Waals surface area contributed by atoms with Crippen molar-refractivity contribution in [1.82, 2.24) is 15.3 Å². The number of amides is 1. The Labute approximate surface area is 145 Å². The van der Waals surface area contributed by atoms with Crippen molar-refractivity contribution in [2.24, 2.45) is 0 Å². The summed E-state index contributed by atoms with van der Waals surface area (Å²) in [7, 11) is 0. The van der Waals surface area contributed by atoms with Gasteiger partial charge in [-0.1, -0.05) is 24.3 Å². The van der Waals surface area contributed by atoms with Gasteiger partial charge in [0.25, 0.3) is 5.91 Å². The highest BCUT2D eigenvalue weighted by atomic mass is 32.1. The molecule has 0 aliphatic carbocycles. The van der Waals surface area contributed by atoms with Crippen molar-refractivity contribution in [2.45, 2.75) is 20.3 Å². The van der Waals surface area contributed by atoms with E-state index in [4.69, 9.17) is 0 Å². The zero-order valence-corrected chi connectivity index (χ0v) is 14.6. The molecule has 0 saturated carbocycles. The molecular formula is C19H19N3OS. The lowest BCUT2D eigenvalue weighted by molar-refractivity contribution is 0.0953. The Hall–Kier alpha value is -2.53. The van der Waals surface area contributed by atoms with Crippen molar-refractivity contribution in [3.8, 4) is 10.7 Å². The molecule has 122 valence electrons. The van der Waals surface area contributed by atoms with Gasteiger partial charge in [-0.15, -0.1) is 11.3 Å². The fraction of sp³-hybridized carbons (Fsp3) is 0.211. The van der Waals surface area contributed by atoms with E-state index in [0.717, 1.165) is 33.9 Å². The van der Waals surface area contributed by atoms with Gasteiger partial charge in [-0.05, 0) is 37.6 Å². The van der Waals surface area contributed by atoms with E-state index < -0.39 is 0 Å². The average molecular weight is 337 g/mol. The summed E-state index contributed by atoms with van der Waals surface area (Å²) in [5.41, 5.74) is 3.61. The topological polar surface area (TPSA) is 54.9 Å². The second-order valence-corrected chi connectivity index (χ2v) is 6.65. The molecule has 0 atom stereocenters. The van der Waals surface area contributed by atoms with Gasteiger partial charge in [0.15, 0.2) is 0 Å². The quantitative estimate of drug-likeness (QED) is 0.770. The third kappa shape index (κ3) is 3.68. The highest BCUT2D eigenvalue weighted by Gasteiger charge is 2.11. The van der Waals surface area contributed by atoms with E-state index in [1.165, 1.54) is 4.88 Å². The molecule has 4 nitrogen and oxygen atoms in total. The van der Waals surface area contributed by atoms with Gasteiger partial charge in [0.05, 0.1) is 11.4 Å². The van der Waals surface area contributed by atoms with Crippen LogP contribution < -0.4 is 5.32 Å². The molecule has 24 heavy (non-hydrogen) atoms. The Kier molecular flexibility index (Phi) is 5.01. The maximum Gasteiger partial charge on any atom is 0.251 e. The summed E-state index contributed by atoms with van der Waals surface area (Å²) in [5.74, 6) is -0.0276. The van der Waals surface area contributed by atoms with Crippen LogP contribution in [0.25, 0.3) is 10.7 Å². The largest absolute Gasteiger partial charge is 0.352 e. The number of nitrogens with zero attached hydrogens (tertiary/aromatic N) is 2.